The SMILES string of the molecule is COc1cc(N=Nc2ccccc2C(=O)O)cc(C=NNNC(N)=S)c1O. The van der Waals surface area contributed by atoms with Crippen molar-refractivity contribution in [2.45, 2.75) is 0 Å². The van der Waals surface area contributed by atoms with Gasteiger partial charge in [-0.2, -0.15) is 10.2 Å². The number of nitrogens with one attached hydrogen (secondary N) is 2. The number of hydrogen-bond acceptors (Lipinski definition) is 8. The molecule has 0 atom stereocenters. The number of benzene rings is 2. The van der Waals surface area contributed by atoms with Crippen molar-refractivity contribution in [3.63, 3.8) is 0 Å². The summed E-state index contributed by atoms with van der Waals surface area (Å²) in [7, 11) is 1.38. The fourth-order valence-corrected chi connectivity index (χ4v) is 2.01. The molecule has 0 heterocycles. The maximum atomic E-state index is 11.2. The number of aromatic carboxylic acids is 1. The van der Waals surface area contributed by atoms with Crippen molar-refractivity contribution in [2.75, 3.05) is 7.11 Å². The number of thiocarbonyl (C=S) groups is 1. The van der Waals surface area contributed by atoms with Crippen LogP contribution in [0.1, 0.15) is 15.9 Å². The number of ether oxygens (including phenoxy) is 1. The molecule has 6 N–H and O–H groups in total. The summed E-state index contributed by atoms with van der Waals surface area (Å²) in [6, 6.07) is 9.12. The lowest BCUT2D eigenvalue weighted by Crippen LogP contribution is -2.37. The van der Waals surface area contributed by atoms with E-state index in [1.54, 1.807) is 12.1 Å². The van der Waals surface area contributed by atoms with Crippen LogP contribution < -0.4 is 21.4 Å². The summed E-state index contributed by atoms with van der Waals surface area (Å²) in [4.78, 5) is 11.2. The van der Waals surface area contributed by atoms with Crippen molar-refractivity contribution in [2.24, 2.45) is 21.1 Å². The molecular formula is C16H16N6O4S. The second-order valence-corrected chi connectivity index (χ2v) is 5.41. The Hall–Kier alpha value is -3.73. The van der Waals surface area contributed by atoms with Crippen LogP contribution in [0.5, 0.6) is 11.5 Å². The number of rotatable bonds is 7. The van der Waals surface area contributed by atoms with Gasteiger partial charge < -0.3 is 20.7 Å². The zero-order valence-corrected chi connectivity index (χ0v) is 14.9. The predicted octanol–water partition coefficient (Wildman–Crippen LogP) is 2.19. The van der Waals surface area contributed by atoms with Gasteiger partial charge in [-0.05, 0) is 30.4 Å². The van der Waals surface area contributed by atoms with Gasteiger partial charge in [0, 0.05) is 11.6 Å². The highest BCUT2D eigenvalue weighted by Gasteiger charge is 2.11. The highest BCUT2D eigenvalue weighted by molar-refractivity contribution is 7.80. The third-order valence-electron chi connectivity index (χ3n) is 3.16. The summed E-state index contributed by atoms with van der Waals surface area (Å²) in [6.45, 7) is 0. The molecule has 0 aliphatic carbocycles. The first-order valence-corrected chi connectivity index (χ1v) is 7.81. The Balaban J connectivity index is 2.33. The molecule has 0 bridgehead atoms. The number of aromatic hydroxyl groups is 1. The highest BCUT2D eigenvalue weighted by Crippen LogP contribution is 2.34. The monoisotopic (exact) mass is 388 g/mol. The van der Waals surface area contributed by atoms with E-state index in [4.69, 9.17) is 10.5 Å². The van der Waals surface area contributed by atoms with Gasteiger partial charge >= 0.3 is 5.97 Å². The Morgan fingerprint density at radius 2 is 2.04 bits per heavy atom. The average Bonchev–Trinajstić information content (AvgIpc) is 2.65. The van der Waals surface area contributed by atoms with Gasteiger partial charge in [-0.25, -0.2) is 10.3 Å². The smallest absolute Gasteiger partial charge is 0.337 e. The number of carbonyl (C=O) groups is 1. The van der Waals surface area contributed by atoms with Crippen LogP contribution in [0.15, 0.2) is 51.7 Å². The number of methoxy groups -OCH3 is 1. The van der Waals surface area contributed by atoms with Crippen LogP contribution >= 0.6 is 12.2 Å². The van der Waals surface area contributed by atoms with E-state index in [9.17, 15) is 15.0 Å². The number of hydrazone groups is 1. The number of phenolic OH excluding ortho intramolecular Hbond substituents is 1. The van der Waals surface area contributed by atoms with Gasteiger partial charge in [-0.15, -0.1) is 5.11 Å². The molecule has 10 nitrogen and oxygen atoms in total. The third-order valence-corrected chi connectivity index (χ3v) is 3.27. The van der Waals surface area contributed by atoms with Crippen molar-refractivity contribution < 1.29 is 19.7 Å². The summed E-state index contributed by atoms with van der Waals surface area (Å²) >= 11 is 4.61. The van der Waals surface area contributed by atoms with Crippen LogP contribution in [0.25, 0.3) is 0 Å². The molecule has 2 aromatic rings. The zero-order chi connectivity index (χ0) is 19.8. The molecule has 0 saturated heterocycles. The fraction of sp³-hybridized carbons (Fsp3) is 0.0625. The zero-order valence-electron chi connectivity index (χ0n) is 14.1. The molecule has 0 fully saturated rings. The predicted molar refractivity (Wildman–Crippen MR) is 103 cm³/mol. The molecule has 2 rings (SSSR count). The van der Waals surface area contributed by atoms with Crippen LogP contribution in [-0.4, -0.2) is 34.6 Å². The van der Waals surface area contributed by atoms with Crippen molar-refractivity contribution >= 4 is 40.9 Å². The van der Waals surface area contributed by atoms with Crippen molar-refractivity contribution in [1.29, 1.82) is 0 Å². The van der Waals surface area contributed by atoms with Crippen LogP contribution in [0.3, 0.4) is 0 Å². The minimum absolute atomic E-state index is 0.00593. The van der Waals surface area contributed by atoms with E-state index < -0.39 is 5.97 Å². The average molecular weight is 388 g/mol. The molecule has 0 radical (unpaired) electrons. The molecule has 27 heavy (non-hydrogen) atoms. The second kappa shape index (κ2) is 9.10. The number of nitrogens with zero attached hydrogens (tertiary/aromatic N) is 3. The number of carboxylic acid groups (broad SMARTS) is 1. The maximum absolute atomic E-state index is 11.2. The van der Waals surface area contributed by atoms with Gasteiger partial charge in [0.15, 0.2) is 16.6 Å². The van der Waals surface area contributed by atoms with E-state index in [0.29, 0.717) is 5.69 Å². The Morgan fingerprint density at radius 1 is 1.30 bits per heavy atom. The Kier molecular flexibility index (Phi) is 6.61. The highest BCUT2D eigenvalue weighted by atomic mass is 32.1. The standard InChI is InChI=1S/C16H16N6O4S/c1-26-13-7-10(6-9(14(13)23)8-18-22-21-16(17)27)19-20-12-5-3-2-4-11(12)15(24)25/h2-8,22-23H,1H3,(H,24,25)(H3,17,21,27). The largest absolute Gasteiger partial charge is 0.504 e. The quantitative estimate of drug-likeness (QED) is 0.209. The summed E-state index contributed by atoms with van der Waals surface area (Å²) in [5, 5.41) is 31.1. The lowest BCUT2D eigenvalue weighted by Gasteiger charge is -2.07. The van der Waals surface area contributed by atoms with Gasteiger partial charge in [0.05, 0.1) is 24.6 Å². The Bertz CT molecular complexity index is 916. The summed E-state index contributed by atoms with van der Waals surface area (Å²) < 4.78 is 5.10. The van der Waals surface area contributed by atoms with E-state index in [2.05, 4.69) is 38.5 Å². The minimum atomic E-state index is -1.11. The normalized spacial score (nSPS) is 10.9. The first-order valence-electron chi connectivity index (χ1n) is 7.41. The number of azo groups is 1. The molecule has 11 heteroatoms. The number of hydrazine groups is 1. The molecule has 0 saturated carbocycles. The number of phenols is 1. The number of hydrogen-bond donors (Lipinski definition) is 5. The minimum Gasteiger partial charge on any atom is -0.504 e. The lowest BCUT2D eigenvalue weighted by molar-refractivity contribution is 0.0697. The Labute approximate surface area is 159 Å². The third kappa shape index (κ3) is 5.37. The number of nitrogens with two attached hydrogens (primary N) is 1. The molecule has 0 spiro atoms. The van der Waals surface area contributed by atoms with Gasteiger partial charge in [0.1, 0.15) is 5.69 Å². The van der Waals surface area contributed by atoms with Crippen molar-refractivity contribution in [3.05, 3.63) is 47.5 Å². The molecular weight excluding hydrogens is 372 g/mol. The van der Waals surface area contributed by atoms with Crippen LogP contribution in [0.4, 0.5) is 11.4 Å². The van der Waals surface area contributed by atoms with Crippen LogP contribution in [-0.2, 0) is 0 Å². The molecule has 0 unspecified atom stereocenters. The van der Waals surface area contributed by atoms with E-state index in [1.807, 2.05) is 0 Å². The first kappa shape index (κ1) is 19.6. The molecule has 140 valence electrons. The molecule has 0 aromatic heterocycles. The van der Waals surface area contributed by atoms with Gasteiger partial charge in [0.25, 0.3) is 0 Å². The molecule has 0 amide bonds. The lowest BCUT2D eigenvalue weighted by atomic mass is 10.1. The van der Waals surface area contributed by atoms with E-state index in [-0.39, 0.29) is 33.4 Å². The van der Waals surface area contributed by atoms with Gasteiger partial charge in [-0.1, -0.05) is 12.1 Å². The summed E-state index contributed by atoms with van der Waals surface area (Å²) in [6.07, 6.45) is 1.29. The van der Waals surface area contributed by atoms with E-state index >= 15 is 0 Å². The molecule has 0 aliphatic rings. The fourth-order valence-electron chi connectivity index (χ4n) is 1.97. The number of carboxylic acids is 1. The molecule has 0 aliphatic heterocycles. The topological polar surface area (TPSA) is 154 Å². The van der Waals surface area contributed by atoms with Crippen LogP contribution in [0.2, 0.25) is 0 Å². The van der Waals surface area contributed by atoms with Crippen LogP contribution in [0, 0.1) is 0 Å². The maximum Gasteiger partial charge on any atom is 0.337 e. The summed E-state index contributed by atoms with van der Waals surface area (Å²) in [5.41, 5.74) is 10.8. The van der Waals surface area contributed by atoms with E-state index in [1.165, 1.54) is 37.6 Å². The summed E-state index contributed by atoms with van der Waals surface area (Å²) in [5.74, 6) is -1.14. The van der Waals surface area contributed by atoms with Crippen molar-refractivity contribution in [1.82, 2.24) is 11.0 Å². The molecule has 2 aromatic carbocycles. The second-order valence-electron chi connectivity index (χ2n) is 4.97. The van der Waals surface area contributed by atoms with Gasteiger partial charge in [0.2, 0.25) is 0 Å². The first-order chi connectivity index (χ1) is 12.9. The Morgan fingerprint density at radius 3 is 2.70 bits per heavy atom. The van der Waals surface area contributed by atoms with E-state index in [0.717, 1.165) is 0 Å². The van der Waals surface area contributed by atoms with Crippen molar-refractivity contribution in [3.8, 4) is 11.5 Å². The van der Waals surface area contributed by atoms with Gasteiger partial charge in [-0.3, -0.25) is 5.43 Å².